The molecule has 2 aromatic rings. The Hall–Kier alpha value is -2.25. The lowest BCUT2D eigenvalue weighted by molar-refractivity contribution is -0.136. The van der Waals surface area contributed by atoms with E-state index in [1.165, 1.54) is 0 Å². The Labute approximate surface area is 96.9 Å². The fourth-order valence-electron chi connectivity index (χ4n) is 1.39. The van der Waals surface area contributed by atoms with Crippen molar-refractivity contribution in [3.63, 3.8) is 0 Å². The van der Waals surface area contributed by atoms with Crippen LogP contribution in [0, 0.1) is 6.92 Å². The summed E-state index contributed by atoms with van der Waals surface area (Å²) >= 11 is 0. The van der Waals surface area contributed by atoms with Crippen molar-refractivity contribution in [1.82, 2.24) is 29.8 Å². The minimum absolute atomic E-state index is 0.127. The van der Waals surface area contributed by atoms with Crippen molar-refractivity contribution in [3.8, 4) is 0 Å². The molecule has 2 heterocycles. The molecule has 2 rings (SSSR count). The van der Waals surface area contributed by atoms with Gasteiger partial charge < -0.3 is 9.67 Å². The largest absolute Gasteiger partial charge is 0.481 e. The molecular weight excluding hydrogens is 224 g/mol. The number of hydrogen-bond acceptors (Lipinski definition) is 5. The molecule has 0 spiro atoms. The standard InChI is InChI=1S/C9H12N6O2/c1-6-10-12-8(14(6)2)5-15-4-7(11-13-15)3-9(16)17/h4H,3,5H2,1-2H3,(H,16,17). The summed E-state index contributed by atoms with van der Waals surface area (Å²) in [5.41, 5.74) is 0.427. The first-order chi connectivity index (χ1) is 8.06. The van der Waals surface area contributed by atoms with Crippen molar-refractivity contribution in [3.05, 3.63) is 23.5 Å². The zero-order valence-corrected chi connectivity index (χ0v) is 9.53. The van der Waals surface area contributed by atoms with E-state index in [1.54, 1.807) is 10.9 Å². The molecular formula is C9H12N6O2. The number of rotatable bonds is 4. The van der Waals surface area contributed by atoms with Crippen molar-refractivity contribution in [2.45, 2.75) is 19.9 Å². The third-order valence-corrected chi connectivity index (χ3v) is 2.40. The van der Waals surface area contributed by atoms with Gasteiger partial charge in [0, 0.05) is 13.2 Å². The molecule has 1 N–H and O–H groups in total. The summed E-state index contributed by atoms with van der Waals surface area (Å²) < 4.78 is 3.39. The molecule has 0 bridgehead atoms. The van der Waals surface area contributed by atoms with E-state index in [-0.39, 0.29) is 6.42 Å². The lowest BCUT2D eigenvalue weighted by Gasteiger charge is -2.00. The maximum atomic E-state index is 10.5. The maximum Gasteiger partial charge on any atom is 0.309 e. The van der Waals surface area contributed by atoms with Gasteiger partial charge in [-0.05, 0) is 6.92 Å². The number of carbonyl (C=O) groups is 1. The van der Waals surface area contributed by atoms with Gasteiger partial charge in [-0.25, -0.2) is 4.68 Å². The fraction of sp³-hybridized carbons (Fsp3) is 0.444. The normalized spacial score (nSPS) is 10.7. The highest BCUT2D eigenvalue weighted by molar-refractivity contribution is 5.69. The average molecular weight is 236 g/mol. The summed E-state index contributed by atoms with van der Waals surface area (Å²) in [6.45, 7) is 2.28. The summed E-state index contributed by atoms with van der Waals surface area (Å²) in [7, 11) is 1.86. The molecule has 0 saturated carbocycles. The van der Waals surface area contributed by atoms with Crippen LogP contribution in [0.4, 0.5) is 0 Å². The van der Waals surface area contributed by atoms with Crippen molar-refractivity contribution in [1.29, 1.82) is 0 Å². The van der Waals surface area contributed by atoms with E-state index in [4.69, 9.17) is 5.11 Å². The van der Waals surface area contributed by atoms with E-state index < -0.39 is 5.97 Å². The maximum absolute atomic E-state index is 10.5. The third kappa shape index (κ3) is 2.47. The molecule has 0 radical (unpaired) electrons. The van der Waals surface area contributed by atoms with Crippen LogP contribution < -0.4 is 0 Å². The molecule has 0 aliphatic rings. The van der Waals surface area contributed by atoms with Gasteiger partial charge in [0.05, 0.1) is 12.1 Å². The van der Waals surface area contributed by atoms with Crippen LogP contribution in [0.1, 0.15) is 17.3 Å². The van der Waals surface area contributed by atoms with Crippen molar-refractivity contribution >= 4 is 5.97 Å². The summed E-state index contributed by atoms with van der Waals surface area (Å²) in [6, 6.07) is 0. The molecule has 0 unspecified atom stereocenters. The lowest BCUT2D eigenvalue weighted by atomic mass is 10.3. The Kier molecular flexibility index (Phi) is 2.86. The van der Waals surface area contributed by atoms with E-state index >= 15 is 0 Å². The number of aliphatic carboxylic acids is 1. The summed E-state index contributed by atoms with van der Waals surface area (Å²) in [4.78, 5) is 10.5. The van der Waals surface area contributed by atoms with E-state index in [1.807, 2.05) is 18.5 Å². The Morgan fingerprint density at radius 3 is 2.76 bits per heavy atom. The van der Waals surface area contributed by atoms with Crippen LogP contribution in [-0.4, -0.2) is 40.8 Å². The highest BCUT2D eigenvalue weighted by Crippen LogP contribution is 2.01. The number of carboxylic acid groups (broad SMARTS) is 1. The van der Waals surface area contributed by atoms with Gasteiger partial charge in [-0.1, -0.05) is 5.21 Å². The number of carboxylic acids is 1. The van der Waals surface area contributed by atoms with Gasteiger partial charge in [-0.15, -0.1) is 15.3 Å². The second kappa shape index (κ2) is 4.32. The van der Waals surface area contributed by atoms with Gasteiger partial charge >= 0.3 is 5.97 Å². The predicted molar refractivity (Wildman–Crippen MR) is 56.2 cm³/mol. The van der Waals surface area contributed by atoms with Crippen LogP contribution in [0.3, 0.4) is 0 Å². The van der Waals surface area contributed by atoms with Crippen LogP contribution in [0.15, 0.2) is 6.20 Å². The average Bonchev–Trinajstić information content (AvgIpc) is 2.80. The number of hydrogen-bond donors (Lipinski definition) is 1. The van der Waals surface area contributed by atoms with Crippen LogP contribution in [0.25, 0.3) is 0 Å². The highest BCUT2D eigenvalue weighted by Gasteiger charge is 2.09. The molecule has 8 nitrogen and oxygen atoms in total. The first-order valence-corrected chi connectivity index (χ1v) is 5.02. The zero-order valence-electron chi connectivity index (χ0n) is 9.53. The zero-order chi connectivity index (χ0) is 12.4. The molecule has 0 fully saturated rings. The van der Waals surface area contributed by atoms with Crippen LogP contribution in [-0.2, 0) is 24.8 Å². The Morgan fingerprint density at radius 2 is 2.18 bits per heavy atom. The van der Waals surface area contributed by atoms with Crippen LogP contribution in [0.2, 0.25) is 0 Å². The Balaban J connectivity index is 2.11. The topological polar surface area (TPSA) is 98.7 Å². The van der Waals surface area contributed by atoms with E-state index in [2.05, 4.69) is 20.5 Å². The fourth-order valence-corrected chi connectivity index (χ4v) is 1.39. The Bertz CT molecular complexity index is 543. The molecule has 0 amide bonds. The molecule has 2 aromatic heterocycles. The van der Waals surface area contributed by atoms with Gasteiger partial charge in [-0.3, -0.25) is 4.79 Å². The number of aromatic nitrogens is 6. The van der Waals surface area contributed by atoms with Crippen LogP contribution >= 0.6 is 0 Å². The second-order valence-corrected chi connectivity index (χ2v) is 3.70. The molecule has 0 aromatic carbocycles. The molecule has 0 aliphatic carbocycles. The number of aryl methyl sites for hydroxylation is 1. The number of nitrogens with zero attached hydrogens (tertiary/aromatic N) is 6. The predicted octanol–water partition coefficient (Wildman–Crippen LogP) is -0.610. The minimum atomic E-state index is -0.924. The van der Waals surface area contributed by atoms with E-state index in [9.17, 15) is 4.79 Å². The molecule has 0 atom stereocenters. The van der Waals surface area contributed by atoms with Crippen molar-refractivity contribution < 1.29 is 9.90 Å². The Morgan fingerprint density at radius 1 is 1.41 bits per heavy atom. The molecule has 8 heteroatoms. The third-order valence-electron chi connectivity index (χ3n) is 2.40. The monoisotopic (exact) mass is 236 g/mol. The van der Waals surface area contributed by atoms with E-state index in [0.29, 0.717) is 12.2 Å². The van der Waals surface area contributed by atoms with Gasteiger partial charge in [0.25, 0.3) is 0 Å². The first kappa shape index (κ1) is 11.2. The minimum Gasteiger partial charge on any atom is -0.481 e. The summed E-state index contributed by atoms with van der Waals surface area (Å²) in [5.74, 6) is 0.631. The van der Waals surface area contributed by atoms with Gasteiger partial charge in [0.1, 0.15) is 12.4 Å². The molecule has 17 heavy (non-hydrogen) atoms. The smallest absolute Gasteiger partial charge is 0.309 e. The first-order valence-electron chi connectivity index (χ1n) is 5.02. The van der Waals surface area contributed by atoms with Gasteiger partial charge in [0.2, 0.25) is 0 Å². The van der Waals surface area contributed by atoms with Gasteiger partial charge in [0.15, 0.2) is 5.82 Å². The lowest BCUT2D eigenvalue weighted by Crippen LogP contribution is -2.07. The second-order valence-electron chi connectivity index (χ2n) is 3.70. The quantitative estimate of drug-likeness (QED) is 0.760. The van der Waals surface area contributed by atoms with Crippen molar-refractivity contribution in [2.75, 3.05) is 0 Å². The van der Waals surface area contributed by atoms with E-state index in [0.717, 1.165) is 11.6 Å². The van der Waals surface area contributed by atoms with Crippen LogP contribution in [0.5, 0.6) is 0 Å². The molecule has 0 saturated heterocycles. The highest BCUT2D eigenvalue weighted by atomic mass is 16.4. The van der Waals surface area contributed by atoms with Gasteiger partial charge in [-0.2, -0.15) is 0 Å². The summed E-state index contributed by atoms with van der Waals surface area (Å²) in [6.07, 6.45) is 1.47. The van der Waals surface area contributed by atoms with Crippen molar-refractivity contribution in [2.24, 2.45) is 7.05 Å². The molecule has 90 valence electrons. The SMILES string of the molecule is Cc1nnc(Cn2cc(CC(=O)O)nn2)n1C. The summed E-state index contributed by atoms with van der Waals surface area (Å²) in [5, 5.41) is 24.1. The molecule has 0 aliphatic heterocycles.